The molecule has 0 aliphatic heterocycles. The summed E-state index contributed by atoms with van der Waals surface area (Å²) in [7, 11) is 0. The van der Waals surface area contributed by atoms with Crippen molar-refractivity contribution in [2.24, 2.45) is 4.99 Å². The highest BCUT2D eigenvalue weighted by Crippen LogP contribution is 2.06. The minimum atomic E-state index is 0.526. The number of hydrogen-bond acceptors (Lipinski definition) is 2. The van der Waals surface area contributed by atoms with Crippen LogP contribution in [0.4, 0.5) is 0 Å². The molecule has 0 heterocycles. The van der Waals surface area contributed by atoms with Crippen molar-refractivity contribution >= 4 is 18.8 Å². The highest BCUT2D eigenvalue weighted by atomic mass is 32.1. The molecule has 0 amide bonds. The minimum Gasteiger partial charge on any atom is -0.269 e. The first kappa shape index (κ1) is 12.5. The van der Waals surface area contributed by atoms with Crippen LogP contribution in [-0.4, -0.2) is 11.5 Å². The van der Waals surface area contributed by atoms with Gasteiger partial charge in [0.15, 0.2) is 0 Å². The first-order valence-electron chi connectivity index (χ1n) is 4.74. The van der Waals surface area contributed by atoms with Gasteiger partial charge < -0.3 is 0 Å². The molecular weight excluding hydrogens is 178 g/mol. The van der Waals surface area contributed by atoms with E-state index in [0.717, 1.165) is 6.42 Å². The van der Waals surface area contributed by atoms with E-state index in [2.05, 4.69) is 31.1 Å². The Balaban J connectivity index is 3.20. The summed E-state index contributed by atoms with van der Waals surface area (Å²) in [5.41, 5.74) is 0. The lowest BCUT2D eigenvalue weighted by Crippen LogP contribution is -1.90. The second-order valence-electron chi connectivity index (χ2n) is 3.04. The zero-order chi connectivity index (χ0) is 9.94. The molecule has 0 bridgehead atoms. The predicted octanol–water partition coefficient (Wildman–Crippen LogP) is 3.64. The van der Waals surface area contributed by atoms with Crippen molar-refractivity contribution in [3.8, 4) is 0 Å². The number of rotatable bonds is 7. The Morgan fingerprint density at radius 3 is 2.85 bits per heavy atom. The third kappa shape index (κ3) is 11.5. The van der Waals surface area contributed by atoms with Crippen molar-refractivity contribution in [2.45, 2.75) is 37.9 Å². The van der Waals surface area contributed by atoms with Crippen LogP contribution in [0.25, 0.3) is 0 Å². The summed E-state index contributed by atoms with van der Waals surface area (Å²) in [4.78, 5) is 4.08. The molecule has 0 aromatic rings. The van der Waals surface area contributed by atoms with Crippen LogP contribution in [0.15, 0.2) is 29.9 Å². The first-order valence-corrected chi connectivity index (χ1v) is 5.26. The summed E-state index contributed by atoms with van der Waals surface area (Å²) in [6.07, 6.45) is 11.9. The zero-order valence-electron chi connectivity index (χ0n) is 8.32. The molecule has 1 atom stereocenters. The van der Waals surface area contributed by atoms with Gasteiger partial charge in [-0.25, -0.2) is 0 Å². The van der Waals surface area contributed by atoms with Crippen LogP contribution in [0.2, 0.25) is 0 Å². The molecule has 1 nitrogen and oxygen atoms in total. The van der Waals surface area contributed by atoms with Crippen molar-refractivity contribution < 1.29 is 0 Å². The van der Waals surface area contributed by atoms with E-state index in [0.29, 0.717) is 5.25 Å². The molecule has 0 aromatic heterocycles. The number of nitrogens with zero attached hydrogens (tertiary/aromatic N) is 1. The van der Waals surface area contributed by atoms with Crippen molar-refractivity contribution in [3.05, 3.63) is 24.9 Å². The van der Waals surface area contributed by atoms with Crippen molar-refractivity contribution in [2.75, 3.05) is 0 Å². The van der Waals surface area contributed by atoms with Crippen LogP contribution in [0, 0.1) is 0 Å². The van der Waals surface area contributed by atoms with Crippen molar-refractivity contribution in [1.82, 2.24) is 0 Å². The second kappa shape index (κ2) is 9.59. The molecule has 13 heavy (non-hydrogen) atoms. The molecular formula is C11H19NS. The minimum absolute atomic E-state index is 0.526. The third-order valence-electron chi connectivity index (χ3n) is 1.62. The SMILES string of the molecule is C=C/C=C\N=CCCCCC(C)S. The number of allylic oxidation sites excluding steroid dienone is 2. The number of hydrogen-bond donors (Lipinski definition) is 1. The fourth-order valence-corrected chi connectivity index (χ4v) is 1.10. The second-order valence-corrected chi connectivity index (χ2v) is 3.92. The average Bonchev–Trinajstić information content (AvgIpc) is 2.09. The van der Waals surface area contributed by atoms with E-state index in [1.54, 1.807) is 12.3 Å². The van der Waals surface area contributed by atoms with Crippen molar-refractivity contribution in [3.63, 3.8) is 0 Å². The lowest BCUT2D eigenvalue weighted by atomic mass is 10.2. The predicted molar refractivity (Wildman–Crippen MR) is 64.7 cm³/mol. The van der Waals surface area contributed by atoms with Crippen LogP contribution in [0.3, 0.4) is 0 Å². The fraction of sp³-hybridized carbons (Fsp3) is 0.545. The van der Waals surface area contributed by atoms with Gasteiger partial charge in [0.2, 0.25) is 0 Å². The maximum Gasteiger partial charge on any atom is 0.0263 e. The summed E-state index contributed by atoms with van der Waals surface area (Å²) >= 11 is 4.31. The van der Waals surface area contributed by atoms with Gasteiger partial charge in [0, 0.05) is 12.4 Å². The highest BCUT2D eigenvalue weighted by Gasteiger charge is 1.92. The molecule has 0 spiro atoms. The molecule has 0 aromatic carbocycles. The highest BCUT2D eigenvalue weighted by molar-refractivity contribution is 7.80. The van der Waals surface area contributed by atoms with Crippen molar-refractivity contribution in [1.29, 1.82) is 0 Å². The lowest BCUT2D eigenvalue weighted by molar-refractivity contribution is 0.698. The van der Waals surface area contributed by atoms with Crippen LogP contribution in [0.5, 0.6) is 0 Å². The average molecular weight is 197 g/mol. The van der Waals surface area contributed by atoms with Gasteiger partial charge in [-0.15, -0.1) is 0 Å². The molecule has 0 fully saturated rings. The maximum atomic E-state index is 4.31. The summed E-state index contributed by atoms with van der Waals surface area (Å²) in [6.45, 7) is 5.69. The summed E-state index contributed by atoms with van der Waals surface area (Å²) in [6, 6.07) is 0. The summed E-state index contributed by atoms with van der Waals surface area (Å²) in [5, 5.41) is 0.526. The van der Waals surface area contributed by atoms with E-state index in [4.69, 9.17) is 0 Å². The fourth-order valence-electron chi connectivity index (χ4n) is 0.921. The van der Waals surface area contributed by atoms with E-state index >= 15 is 0 Å². The molecule has 0 aliphatic rings. The van der Waals surface area contributed by atoms with E-state index in [9.17, 15) is 0 Å². The lowest BCUT2D eigenvalue weighted by Gasteiger charge is -2.00. The number of aliphatic imine (C=N–C) groups is 1. The Hall–Kier alpha value is -0.500. The van der Waals surface area contributed by atoms with Gasteiger partial charge in [0.05, 0.1) is 0 Å². The number of unbranched alkanes of at least 4 members (excludes halogenated alkanes) is 2. The van der Waals surface area contributed by atoms with Crippen LogP contribution >= 0.6 is 12.6 Å². The van der Waals surface area contributed by atoms with Crippen LogP contribution in [0.1, 0.15) is 32.6 Å². The first-order chi connectivity index (χ1) is 6.27. The Morgan fingerprint density at radius 1 is 1.46 bits per heavy atom. The van der Waals surface area contributed by atoms with Gasteiger partial charge in [0.1, 0.15) is 0 Å². The van der Waals surface area contributed by atoms with Gasteiger partial charge in [-0.3, -0.25) is 4.99 Å². The van der Waals surface area contributed by atoms with Gasteiger partial charge in [0.25, 0.3) is 0 Å². The van der Waals surface area contributed by atoms with E-state index in [-0.39, 0.29) is 0 Å². The molecule has 74 valence electrons. The molecule has 0 aliphatic carbocycles. The largest absolute Gasteiger partial charge is 0.269 e. The molecule has 2 heteroatoms. The molecule has 0 rings (SSSR count). The standard InChI is InChI=1S/C11H19NS/c1-3-4-9-12-10-7-5-6-8-11(2)13/h3-4,9-11,13H,1,5-8H2,2H3/b9-4-,12-10?. The third-order valence-corrected chi connectivity index (χ3v) is 1.88. The monoisotopic (exact) mass is 197 g/mol. The van der Waals surface area contributed by atoms with Gasteiger partial charge in [-0.1, -0.05) is 26.0 Å². The molecule has 0 N–H and O–H groups in total. The smallest absolute Gasteiger partial charge is 0.0263 e. The Bertz CT molecular complexity index is 171. The number of thiol groups is 1. The van der Waals surface area contributed by atoms with E-state index < -0.39 is 0 Å². The maximum absolute atomic E-state index is 4.31. The zero-order valence-corrected chi connectivity index (χ0v) is 9.21. The summed E-state index contributed by atoms with van der Waals surface area (Å²) in [5.74, 6) is 0. The quantitative estimate of drug-likeness (QED) is 0.277. The Morgan fingerprint density at radius 2 is 2.23 bits per heavy atom. The van der Waals surface area contributed by atoms with E-state index in [1.807, 2.05) is 12.3 Å². The normalized spacial score (nSPS) is 14.0. The van der Waals surface area contributed by atoms with Gasteiger partial charge in [-0.2, -0.15) is 12.6 Å². The van der Waals surface area contributed by atoms with Gasteiger partial charge in [-0.05, 0) is 30.6 Å². The molecule has 0 saturated heterocycles. The Labute approximate surface area is 87.1 Å². The van der Waals surface area contributed by atoms with E-state index in [1.165, 1.54) is 19.3 Å². The molecule has 0 radical (unpaired) electrons. The van der Waals surface area contributed by atoms with Crippen LogP contribution in [-0.2, 0) is 0 Å². The Kier molecular flexibility index (Phi) is 9.22. The molecule has 1 unspecified atom stereocenters. The van der Waals surface area contributed by atoms with Crippen LogP contribution < -0.4 is 0 Å². The topological polar surface area (TPSA) is 12.4 Å². The molecule has 0 saturated carbocycles. The summed E-state index contributed by atoms with van der Waals surface area (Å²) < 4.78 is 0. The van der Waals surface area contributed by atoms with Gasteiger partial charge >= 0.3 is 0 Å².